The zero-order chi connectivity index (χ0) is 41.5. The van der Waals surface area contributed by atoms with E-state index in [4.69, 9.17) is 0 Å². The number of hydrogen-bond donors (Lipinski definition) is 0. The largest absolute Gasteiger partial charge is 0.310 e. The zero-order valence-electron chi connectivity index (χ0n) is 34.5. The smallest absolute Gasteiger partial charge is 0.0713 e. The molecule has 0 saturated heterocycles. The van der Waals surface area contributed by atoms with Gasteiger partial charge in [-0.3, -0.25) is 0 Å². The summed E-state index contributed by atoms with van der Waals surface area (Å²) in [6, 6.07) is 89.7. The molecule has 1 heterocycles. The second-order valence-electron chi connectivity index (χ2n) is 16.8. The Balaban J connectivity index is 1.02. The van der Waals surface area contributed by atoms with Crippen LogP contribution in [0.5, 0.6) is 0 Å². The Morgan fingerprint density at radius 3 is 1.78 bits per heavy atom. The molecule has 2 nitrogen and oxygen atoms in total. The van der Waals surface area contributed by atoms with Crippen molar-refractivity contribution in [2.45, 2.75) is 5.41 Å². The molecule has 12 aromatic rings. The predicted molar refractivity (Wildman–Crippen MR) is 265 cm³/mol. The van der Waals surface area contributed by atoms with Gasteiger partial charge in [0.1, 0.15) is 0 Å². The summed E-state index contributed by atoms with van der Waals surface area (Å²) in [6.07, 6.45) is 0. The van der Waals surface area contributed by atoms with Crippen molar-refractivity contribution in [1.82, 2.24) is 4.57 Å². The van der Waals surface area contributed by atoms with Crippen molar-refractivity contribution in [2.75, 3.05) is 4.90 Å². The molecule has 0 N–H and O–H groups in total. The molecule has 0 amide bonds. The Labute approximate surface area is 366 Å². The van der Waals surface area contributed by atoms with E-state index >= 15 is 0 Å². The van der Waals surface area contributed by atoms with Crippen LogP contribution in [-0.4, -0.2) is 4.57 Å². The molecule has 2 heteroatoms. The van der Waals surface area contributed by atoms with Gasteiger partial charge in [-0.15, -0.1) is 0 Å². The quantitative estimate of drug-likeness (QED) is 0.163. The highest BCUT2D eigenvalue weighted by atomic mass is 15.1. The minimum absolute atomic E-state index is 0.510. The normalized spacial score (nSPS) is 14.4. The first-order valence-electron chi connectivity index (χ1n) is 21.8. The third-order valence-corrected chi connectivity index (χ3v) is 13.6. The number of anilines is 3. The molecule has 0 bridgehead atoms. The Morgan fingerprint density at radius 2 is 0.937 bits per heavy atom. The van der Waals surface area contributed by atoms with Gasteiger partial charge in [-0.1, -0.05) is 188 Å². The van der Waals surface area contributed by atoms with Crippen molar-refractivity contribution in [2.24, 2.45) is 0 Å². The Bertz CT molecular complexity index is 3750. The molecule has 1 aliphatic carbocycles. The molecule has 1 aliphatic rings. The monoisotopic (exact) mass is 800 g/mol. The van der Waals surface area contributed by atoms with E-state index in [-0.39, 0.29) is 0 Å². The number of nitrogens with zero attached hydrogens (tertiary/aromatic N) is 2. The number of hydrogen-bond acceptors (Lipinski definition) is 1. The maximum atomic E-state index is 2.44. The molecule has 0 saturated carbocycles. The van der Waals surface area contributed by atoms with E-state index in [0.717, 1.165) is 22.7 Å². The maximum absolute atomic E-state index is 2.44. The topological polar surface area (TPSA) is 8.17 Å². The molecular formula is C61H40N2. The first-order chi connectivity index (χ1) is 31.3. The lowest BCUT2D eigenvalue weighted by atomic mass is 9.67. The number of fused-ring (bicyclic) bond motifs is 11. The summed E-state index contributed by atoms with van der Waals surface area (Å²) in [6.45, 7) is 0. The molecule has 0 aliphatic heterocycles. The second-order valence-corrected chi connectivity index (χ2v) is 16.8. The summed E-state index contributed by atoms with van der Waals surface area (Å²) >= 11 is 0. The highest BCUT2D eigenvalue weighted by Gasteiger charge is 2.46. The molecule has 1 unspecified atom stereocenters. The van der Waals surface area contributed by atoms with Crippen LogP contribution in [0.15, 0.2) is 243 Å². The van der Waals surface area contributed by atoms with Gasteiger partial charge < -0.3 is 9.47 Å². The van der Waals surface area contributed by atoms with Crippen LogP contribution in [0.4, 0.5) is 17.1 Å². The van der Waals surface area contributed by atoms with Crippen molar-refractivity contribution >= 4 is 71.2 Å². The third kappa shape index (κ3) is 5.25. The molecule has 11 aromatic carbocycles. The average molecular weight is 801 g/mol. The van der Waals surface area contributed by atoms with Crippen LogP contribution in [0.2, 0.25) is 0 Å². The molecular weight excluding hydrogens is 761 g/mol. The molecule has 0 fully saturated rings. The summed E-state index contributed by atoms with van der Waals surface area (Å²) < 4.78 is 2.44. The van der Waals surface area contributed by atoms with Gasteiger partial charge in [0.2, 0.25) is 0 Å². The molecule has 13 rings (SSSR count). The van der Waals surface area contributed by atoms with Crippen molar-refractivity contribution in [3.05, 3.63) is 265 Å². The van der Waals surface area contributed by atoms with Crippen molar-refractivity contribution in [3.63, 3.8) is 0 Å². The van der Waals surface area contributed by atoms with Crippen LogP contribution in [0.25, 0.3) is 70.9 Å². The zero-order valence-corrected chi connectivity index (χ0v) is 34.5. The lowest BCUT2D eigenvalue weighted by molar-refractivity contribution is 0.769. The first-order valence-corrected chi connectivity index (χ1v) is 21.8. The number of rotatable bonds is 6. The average Bonchev–Trinajstić information content (AvgIpc) is 3.86. The van der Waals surface area contributed by atoms with Crippen LogP contribution in [0.1, 0.15) is 22.3 Å². The third-order valence-electron chi connectivity index (χ3n) is 13.6. The van der Waals surface area contributed by atoms with E-state index in [1.807, 2.05) is 0 Å². The fraction of sp³-hybridized carbons (Fsp3) is 0.0164. The van der Waals surface area contributed by atoms with Crippen LogP contribution in [0, 0.1) is 0 Å². The molecule has 0 spiro atoms. The Kier molecular flexibility index (Phi) is 7.85. The molecule has 1 atom stereocenters. The Morgan fingerprint density at radius 1 is 0.333 bits per heavy atom. The fourth-order valence-electron chi connectivity index (χ4n) is 10.9. The van der Waals surface area contributed by atoms with Gasteiger partial charge in [-0.25, -0.2) is 0 Å². The minimum Gasteiger partial charge on any atom is -0.310 e. The van der Waals surface area contributed by atoms with E-state index in [0.29, 0.717) is 0 Å². The summed E-state index contributed by atoms with van der Waals surface area (Å²) in [5, 5.41) is 10.0. The van der Waals surface area contributed by atoms with Gasteiger partial charge in [0.05, 0.1) is 16.4 Å². The fourth-order valence-corrected chi connectivity index (χ4v) is 10.9. The standard InChI is InChI=1S/C61H40N2/c1-2-19-45(20-3-1)61(55-27-12-10-25-53(55)59-51-23-8-6-16-42(51)30-37-56(59)61)46-32-35-47(36-33-46)62(50-34-29-41-15-4-5-18-44(41)39-50)48-21-14-22-49(40-48)63-57-28-13-11-26-54(57)60-52-24-9-7-17-43(52)31-38-58(60)63/h1-40H. The Hall–Kier alpha value is -8.20. The van der Waals surface area contributed by atoms with E-state index in [1.165, 1.54) is 87.5 Å². The van der Waals surface area contributed by atoms with Crippen LogP contribution < -0.4 is 4.90 Å². The van der Waals surface area contributed by atoms with E-state index < -0.39 is 5.41 Å². The van der Waals surface area contributed by atoms with Crippen LogP contribution in [-0.2, 0) is 5.41 Å². The van der Waals surface area contributed by atoms with Crippen molar-refractivity contribution < 1.29 is 0 Å². The summed E-state index contributed by atoms with van der Waals surface area (Å²) in [7, 11) is 0. The van der Waals surface area contributed by atoms with Gasteiger partial charge in [0.25, 0.3) is 0 Å². The van der Waals surface area contributed by atoms with Gasteiger partial charge in [-0.2, -0.15) is 0 Å². The minimum atomic E-state index is -0.510. The molecule has 294 valence electrons. The number of para-hydroxylation sites is 1. The molecule has 63 heavy (non-hydrogen) atoms. The highest BCUT2D eigenvalue weighted by Crippen LogP contribution is 2.58. The van der Waals surface area contributed by atoms with Crippen LogP contribution >= 0.6 is 0 Å². The van der Waals surface area contributed by atoms with Gasteiger partial charge in [0.15, 0.2) is 0 Å². The maximum Gasteiger partial charge on any atom is 0.0713 e. The second kappa shape index (κ2) is 13.9. The lowest BCUT2D eigenvalue weighted by Gasteiger charge is -2.34. The van der Waals surface area contributed by atoms with Gasteiger partial charge >= 0.3 is 0 Å². The lowest BCUT2D eigenvalue weighted by Crippen LogP contribution is -2.28. The highest BCUT2D eigenvalue weighted by molar-refractivity contribution is 6.21. The molecule has 1 aromatic heterocycles. The van der Waals surface area contributed by atoms with Crippen molar-refractivity contribution in [3.8, 4) is 16.8 Å². The summed E-state index contributed by atoms with van der Waals surface area (Å²) in [5.74, 6) is 0. The summed E-state index contributed by atoms with van der Waals surface area (Å²) in [4.78, 5) is 2.42. The molecule has 0 radical (unpaired) electrons. The van der Waals surface area contributed by atoms with E-state index in [9.17, 15) is 0 Å². The SMILES string of the molecule is c1ccc(C2(c3ccc(N(c4cccc(-n5c6ccccc6c6c7ccccc7ccc65)c4)c4ccc5ccccc5c4)cc3)c3ccccc3-c3c2ccc2ccccc32)cc1. The summed E-state index contributed by atoms with van der Waals surface area (Å²) in [5.41, 5.74) is 14.0. The predicted octanol–water partition coefficient (Wildman–Crippen LogP) is 16.1. The van der Waals surface area contributed by atoms with E-state index in [2.05, 4.69) is 252 Å². The van der Waals surface area contributed by atoms with Gasteiger partial charge in [-0.05, 0) is 120 Å². The number of benzene rings is 11. The first kappa shape index (κ1) is 35.5. The van der Waals surface area contributed by atoms with Crippen molar-refractivity contribution in [1.29, 1.82) is 0 Å². The number of aromatic nitrogens is 1. The van der Waals surface area contributed by atoms with Gasteiger partial charge in [0, 0.05) is 33.5 Å². The van der Waals surface area contributed by atoms with Crippen LogP contribution in [0.3, 0.4) is 0 Å². The van der Waals surface area contributed by atoms with E-state index in [1.54, 1.807) is 0 Å².